The summed E-state index contributed by atoms with van der Waals surface area (Å²) in [6.07, 6.45) is 8.43. The van der Waals surface area contributed by atoms with E-state index in [4.69, 9.17) is 0 Å². The van der Waals surface area contributed by atoms with E-state index in [9.17, 15) is 14.7 Å². The number of hydrogen-bond acceptors (Lipinski definition) is 4. The molecule has 0 radical (unpaired) electrons. The molecule has 7 heteroatoms. The zero-order chi connectivity index (χ0) is 19.5. The van der Waals surface area contributed by atoms with E-state index in [0.717, 1.165) is 32.5 Å². The number of carboxylic acids is 1. The van der Waals surface area contributed by atoms with E-state index >= 15 is 0 Å². The molecule has 148 valence electrons. The van der Waals surface area contributed by atoms with Gasteiger partial charge >= 0.3 is 5.97 Å². The summed E-state index contributed by atoms with van der Waals surface area (Å²) in [4.78, 5) is 26.2. The summed E-state index contributed by atoms with van der Waals surface area (Å²) < 4.78 is 1.21. The first-order chi connectivity index (χ1) is 12.4. The van der Waals surface area contributed by atoms with Crippen molar-refractivity contribution >= 4 is 11.9 Å². The second kappa shape index (κ2) is 11.7. The van der Waals surface area contributed by atoms with Gasteiger partial charge in [-0.3, -0.25) is 9.48 Å². The van der Waals surface area contributed by atoms with Gasteiger partial charge in [-0.05, 0) is 32.9 Å². The Morgan fingerprint density at radius 2 is 1.77 bits per heavy atom. The minimum Gasteiger partial charge on any atom is -0.477 e. The minimum absolute atomic E-state index is 0.0624. The zero-order valence-corrected chi connectivity index (χ0v) is 16.6. The highest BCUT2D eigenvalue weighted by atomic mass is 16.4. The van der Waals surface area contributed by atoms with E-state index in [1.165, 1.54) is 43.6 Å². The molecule has 0 aliphatic rings. The van der Waals surface area contributed by atoms with Gasteiger partial charge in [0.1, 0.15) is 0 Å². The maximum absolute atomic E-state index is 12.4. The van der Waals surface area contributed by atoms with Gasteiger partial charge in [-0.25, -0.2) is 4.79 Å². The molecule has 0 fully saturated rings. The number of unbranched alkanes of at least 4 members (excludes halogenated alkanes) is 4. The van der Waals surface area contributed by atoms with Crippen LogP contribution in [0.4, 0.5) is 0 Å². The van der Waals surface area contributed by atoms with Crippen LogP contribution in [0.5, 0.6) is 0 Å². The van der Waals surface area contributed by atoms with Crippen LogP contribution in [-0.2, 0) is 7.05 Å². The standard InChI is InChI=1S/C19H34N4O3/c1-5-7-9-11-23(12-10-8-6-2)14-15(3)21-18(24)16-13-20-22(4)17(16)19(25)26/h13,15H,5-12,14H2,1-4H3,(H,21,24)(H,25,26). The molecule has 0 saturated heterocycles. The molecule has 1 amide bonds. The Balaban J connectivity index is 2.63. The number of aromatic carboxylic acids is 1. The normalized spacial score (nSPS) is 12.3. The quantitative estimate of drug-likeness (QED) is 0.524. The number of carbonyl (C=O) groups excluding carboxylic acids is 1. The molecule has 1 heterocycles. The van der Waals surface area contributed by atoms with E-state index in [1.54, 1.807) is 0 Å². The van der Waals surface area contributed by atoms with Crippen molar-refractivity contribution in [3.8, 4) is 0 Å². The largest absolute Gasteiger partial charge is 0.477 e. The molecular formula is C19H34N4O3. The van der Waals surface area contributed by atoms with Gasteiger partial charge < -0.3 is 15.3 Å². The molecule has 0 aromatic carbocycles. The average molecular weight is 367 g/mol. The fourth-order valence-electron chi connectivity index (χ4n) is 3.06. The summed E-state index contributed by atoms with van der Waals surface area (Å²) >= 11 is 0. The van der Waals surface area contributed by atoms with E-state index in [2.05, 4.69) is 29.2 Å². The predicted octanol–water partition coefficient (Wildman–Crippen LogP) is 2.92. The smallest absolute Gasteiger partial charge is 0.354 e. The Morgan fingerprint density at radius 1 is 1.19 bits per heavy atom. The Labute approximate surface area is 156 Å². The number of hydrogen-bond donors (Lipinski definition) is 2. The van der Waals surface area contributed by atoms with Gasteiger partial charge in [0.25, 0.3) is 5.91 Å². The molecule has 1 atom stereocenters. The average Bonchev–Trinajstić information content (AvgIpc) is 2.97. The lowest BCUT2D eigenvalue weighted by molar-refractivity contribution is 0.0678. The number of carboxylic acid groups (broad SMARTS) is 1. The monoisotopic (exact) mass is 366 g/mol. The molecule has 7 nitrogen and oxygen atoms in total. The third-order valence-corrected chi connectivity index (χ3v) is 4.45. The lowest BCUT2D eigenvalue weighted by Gasteiger charge is -2.26. The van der Waals surface area contributed by atoms with E-state index in [1.807, 2.05) is 6.92 Å². The first-order valence-electron chi connectivity index (χ1n) is 9.69. The number of nitrogens with zero attached hydrogens (tertiary/aromatic N) is 3. The highest BCUT2D eigenvalue weighted by Crippen LogP contribution is 2.09. The highest BCUT2D eigenvalue weighted by molar-refractivity contribution is 6.03. The summed E-state index contributed by atoms with van der Waals surface area (Å²) in [6, 6.07) is -0.0624. The number of amides is 1. The number of aryl methyl sites for hydroxylation is 1. The van der Waals surface area contributed by atoms with Crippen molar-refractivity contribution in [2.75, 3.05) is 19.6 Å². The number of carbonyl (C=O) groups is 2. The van der Waals surface area contributed by atoms with Crippen LogP contribution in [0.1, 0.15) is 80.1 Å². The van der Waals surface area contributed by atoms with Crippen molar-refractivity contribution < 1.29 is 14.7 Å². The van der Waals surface area contributed by atoms with Crippen LogP contribution in [0.25, 0.3) is 0 Å². The van der Waals surface area contributed by atoms with Crippen LogP contribution in [-0.4, -0.2) is 57.3 Å². The molecule has 0 saturated carbocycles. The molecule has 0 aliphatic carbocycles. The van der Waals surface area contributed by atoms with E-state index < -0.39 is 5.97 Å². The van der Waals surface area contributed by atoms with Crippen LogP contribution < -0.4 is 5.32 Å². The summed E-state index contributed by atoms with van der Waals surface area (Å²) in [5, 5.41) is 16.1. The molecule has 1 rings (SSSR count). The Bertz CT molecular complexity index is 561. The number of nitrogens with one attached hydrogen (secondary N) is 1. The SMILES string of the molecule is CCCCCN(CCCCC)CC(C)NC(=O)c1cnn(C)c1C(=O)O. The van der Waals surface area contributed by atoms with E-state index in [0.29, 0.717) is 0 Å². The first kappa shape index (κ1) is 22.2. The molecule has 0 bridgehead atoms. The first-order valence-corrected chi connectivity index (χ1v) is 9.69. The van der Waals surface area contributed by atoms with Crippen molar-refractivity contribution in [2.24, 2.45) is 7.05 Å². The maximum atomic E-state index is 12.4. The molecule has 0 aliphatic heterocycles. The Morgan fingerprint density at radius 3 is 2.27 bits per heavy atom. The van der Waals surface area contributed by atoms with Crippen LogP contribution in [0.2, 0.25) is 0 Å². The summed E-state index contributed by atoms with van der Waals surface area (Å²) in [5.41, 5.74) is 0.0211. The third kappa shape index (κ3) is 7.15. The molecule has 2 N–H and O–H groups in total. The van der Waals surface area contributed by atoms with Crippen LogP contribution in [0.15, 0.2) is 6.20 Å². The maximum Gasteiger partial charge on any atom is 0.354 e. The molecule has 1 aromatic heterocycles. The fraction of sp³-hybridized carbons (Fsp3) is 0.737. The van der Waals surface area contributed by atoms with Crippen molar-refractivity contribution in [3.63, 3.8) is 0 Å². The summed E-state index contributed by atoms with van der Waals surface area (Å²) in [5.74, 6) is -1.53. The van der Waals surface area contributed by atoms with Gasteiger partial charge in [0.05, 0.1) is 11.8 Å². The third-order valence-electron chi connectivity index (χ3n) is 4.45. The zero-order valence-electron chi connectivity index (χ0n) is 16.6. The second-order valence-electron chi connectivity index (χ2n) is 6.92. The second-order valence-corrected chi connectivity index (χ2v) is 6.92. The Kier molecular flexibility index (Phi) is 9.95. The molecule has 1 unspecified atom stereocenters. The van der Waals surface area contributed by atoms with Gasteiger partial charge in [0, 0.05) is 19.6 Å². The van der Waals surface area contributed by atoms with Crippen molar-refractivity contribution in [1.82, 2.24) is 20.0 Å². The van der Waals surface area contributed by atoms with E-state index in [-0.39, 0.29) is 23.2 Å². The van der Waals surface area contributed by atoms with Gasteiger partial charge in [0.2, 0.25) is 0 Å². The lowest BCUT2D eigenvalue weighted by atomic mass is 10.2. The van der Waals surface area contributed by atoms with Gasteiger partial charge in [-0.15, -0.1) is 0 Å². The molecular weight excluding hydrogens is 332 g/mol. The molecule has 0 spiro atoms. The Hall–Kier alpha value is -1.89. The van der Waals surface area contributed by atoms with Gasteiger partial charge in [-0.2, -0.15) is 5.10 Å². The highest BCUT2D eigenvalue weighted by Gasteiger charge is 2.23. The number of rotatable bonds is 13. The van der Waals surface area contributed by atoms with Gasteiger partial charge in [0.15, 0.2) is 5.69 Å². The molecule has 1 aromatic rings. The number of aromatic nitrogens is 2. The summed E-state index contributed by atoms with van der Waals surface area (Å²) in [7, 11) is 1.52. The van der Waals surface area contributed by atoms with Crippen LogP contribution in [0.3, 0.4) is 0 Å². The molecule has 26 heavy (non-hydrogen) atoms. The minimum atomic E-state index is -1.15. The van der Waals surface area contributed by atoms with Gasteiger partial charge in [-0.1, -0.05) is 39.5 Å². The van der Waals surface area contributed by atoms with Crippen molar-refractivity contribution in [2.45, 2.75) is 65.3 Å². The fourth-order valence-corrected chi connectivity index (χ4v) is 3.06. The summed E-state index contributed by atoms with van der Waals surface area (Å²) in [6.45, 7) is 9.18. The van der Waals surface area contributed by atoms with Crippen molar-refractivity contribution in [1.29, 1.82) is 0 Å². The predicted molar refractivity (Wildman–Crippen MR) is 103 cm³/mol. The topological polar surface area (TPSA) is 87.5 Å². The van der Waals surface area contributed by atoms with Crippen LogP contribution in [0, 0.1) is 0 Å². The van der Waals surface area contributed by atoms with Crippen molar-refractivity contribution in [3.05, 3.63) is 17.5 Å². The lowest BCUT2D eigenvalue weighted by Crippen LogP contribution is -2.43. The van der Waals surface area contributed by atoms with Crippen LogP contribution >= 0.6 is 0 Å².